The lowest BCUT2D eigenvalue weighted by Gasteiger charge is -2.08. The standard InChI is InChI=1S/C15H18N4O3/c1-10(2)12-4-6-13(7-5-12)16-15(20)9-18-11(3)8-14(17-18)19(21)22/h4-8,10H,9H2,1-3H3,(H,16,20). The molecule has 0 spiro atoms. The van der Waals surface area contributed by atoms with Gasteiger partial charge in [-0.15, -0.1) is 0 Å². The van der Waals surface area contributed by atoms with Crippen LogP contribution in [0.3, 0.4) is 0 Å². The number of aryl methyl sites for hydroxylation is 1. The summed E-state index contributed by atoms with van der Waals surface area (Å²) >= 11 is 0. The van der Waals surface area contributed by atoms with Crippen molar-refractivity contribution in [1.82, 2.24) is 9.78 Å². The Morgan fingerprint density at radius 3 is 2.50 bits per heavy atom. The van der Waals surface area contributed by atoms with Gasteiger partial charge in [-0.05, 0) is 35.5 Å². The summed E-state index contributed by atoms with van der Waals surface area (Å²) in [5.74, 6) is -0.109. The Hall–Kier alpha value is -2.70. The van der Waals surface area contributed by atoms with E-state index in [1.165, 1.54) is 16.3 Å². The summed E-state index contributed by atoms with van der Waals surface area (Å²) in [7, 11) is 0. The molecule has 0 saturated carbocycles. The second-order valence-corrected chi connectivity index (χ2v) is 5.38. The molecule has 7 heteroatoms. The predicted octanol–water partition coefficient (Wildman–Crippen LogP) is 2.86. The molecule has 22 heavy (non-hydrogen) atoms. The van der Waals surface area contributed by atoms with Crippen molar-refractivity contribution in [1.29, 1.82) is 0 Å². The van der Waals surface area contributed by atoms with Crippen molar-refractivity contribution in [3.05, 3.63) is 51.7 Å². The molecule has 0 radical (unpaired) electrons. The van der Waals surface area contributed by atoms with Crippen molar-refractivity contribution < 1.29 is 9.72 Å². The van der Waals surface area contributed by atoms with Gasteiger partial charge in [0.1, 0.15) is 6.54 Å². The molecule has 0 aliphatic rings. The molecule has 116 valence electrons. The highest BCUT2D eigenvalue weighted by atomic mass is 16.6. The van der Waals surface area contributed by atoms with Crippen LogP contribution in [0.25, 0.3) is 0 Å². The first-order valence-corrected chi connectivity index (χ1v) is 6.95. The topological polar surface area (TPSA) is 90.1 Å². The smallest absolute Gasteiger partial charge is 0.358 e. The van der Waals surface area contributed by atoms with Crippen LogP contribution in [0.1, 0.15) is 31.0 Å². The van der Waals surface area contributed by atoms with Crippen LogP contribution in [-0.2, 0) is 11.3 Å². The molecule has 0 unspecified atom stereocenters. The minimum atomic E-state index is -0.577. The van der Waals surface area contributed by atoms with E-state index in [9.17, 15) is 14.9 Å². The maximum absolute atomic E-state index is 12.0. The number of carbonyl (C=O) groups excluding carboxylic acids is 1. The van der Waals surface area contributed by atoms with Crippen molar-refractivity contribution in [3.63, 3.8) is 0 Å². The second kappa shape index (κ2) is 6.38. The third-order valence-corrected chi connectivity index (χ3v) is 3.31. The average molecular weight is 302 g/mol. The van der Waals surface area contributed by atoms with E-state index in [-0.39, 0.29) is 18.3 Å². The van der Waals surface area contributed by atoms with E-state index >= 15 is 0 Å². The summed E-state index contributed by atoms with van der Waals surface area (Å²) in [4.78, 5) is 22.1. The first kappa shape index (κ1) is 15.7. The van der Waals surface area contributed by atoms with E-state index in [0.717, 1.165) is 0 Å². The van der Waals surface area contributed by atoms with Crippen LogP contribution in [-0.4, -0.2) is 20.6 Å². The maximum atomic E-state index is 12.0. The average Bonchev–Trinajstić information content (AvgIpc) is 2.81. The quantitative estimate of drug-likeness (QED) is 0.679. The lowest BCUT2D eigenvalue weighted by Crippen LogP contribution is -2.20. The van der Waals surface area contributed by atoms with Crippen LogP contribution in [0.4, 0.5) is 11.5 Å². The van der Waals surface area contributed by atoms with Crippen molar-refractivity contribution >= 4 is 17.4 Å². The number of amides is 1. The summed E-state index contributed by atoms with van der Waals surface area (Å²) in [6.45, 7) is 5.80. The summed E-state index contributed by atoms with van der Waals surface area (Å²) in [5.41, 5.74) is 2.45. The van der Waals surface area contributed by atoms with Gasteiger partial charge in [0, 0.05) is 5.69 Å². The third kappa shape index (κ3) is 3.69. The van der Waals surface area contributed by atoms with Gasteiger partial charge in [-0.1, -0.05) is 26.0 Å². The van der Waals surface area contributed by atoms with E-state index < -0.39 is 4.92 Å². The Morgan fingerprint density at radius 1 is 1.36 bits per heavy atom. The first-order chi connectivity index (χ1) is 10.4. The molecule has 1 amide bonds. The third-order valence-electron chi connectivity index (χ3n) is 3.31. The van der Waals surface area contributed by atoms with E-state index in [4.69, 9.17) is 0 Å². The molecule has 0 saturated heterocycles. The van der Waals surface area contributed by atoms with Crippen LogP contribution in [0.2, 0.25) is 0 Å². The number of aromatic nitrogens is 2. The van der Waals surface area contributed by atoms with Gasteiger partial charge >= 0.3 is 5.82 Å². The Kier molecular flexibility index (Phi) is 4.55. The Bertz CT molecular complexity index is 689. The highest BCUT2D eigenvalue weighted by Gasteiger charge is 2.17. The number of carbonyl (C=O) groups is 1. The highest BCUT2D eigenvalue weighted by molar-refractivity contribution is 5.90. The number of nitrogens with one attached hydrogen (secondary N) is 1. The molecule has 0 aliphatic carbocycles. The van der Waals surface area contributed by atoms with Gasteiger partial charge in [-0.3, -0.25) is 4.79 Å². The highest BCUT2D eigenvalue weighted by Crippen LogP contribution is 2.17. The fraction of sp³-hybridized carbons (Fsp3) is 0.333. The van der Waals surface area contributed by atoms with E-state index in [2.05, 4.69) is 24.3 Å². The van der Waals surface area contributed by atoms with Gasteiger partial charge in [0.15, 0.2) is 0 Å². The first-order valence-electron chi connectivity index (χ1n) is 6.95. The van der Waals surface area contributed by atoms with Crippen molar-refractivity contribution in [2.24, 2.45) is 0 Å². The zero-order valence-corrected chi connectivity index (χ0v) is 12.7. The zero-order chi connectivity index (χ0) is 16.3. The van der Waals surface area contributed by atoms with Gasteiger partial charge in [-0.2, -0.15) is 4.68 Å². The molecule has 2 rings (SSSR count). The minimum absolute atomic E-state index is 0.0639. The van der Waals surface area contributed by atoms with E-state index in [1.54, 1.807) is 6.92 Å². The maximum Gasteiger partial charge on any atom is 0.390 e. The van der Waals surface area contributed by atoms with Gasteiger partial charge in [0.2, 0.25) is 5.91 Å². The number of benzene rings is 1. The van der Waals surface area contributed by atoms with Crippen LogP contribution in [0, 0.1) is 17.0 Å². The van der Waals surface area contributed by atoms with Gasteiger partial charge in [-0.25, -0.2) is 0 Å². The number of hydrogen-bond donors (Lipinski definition) is 1. The number of nitro groups is 1. The van der Waals surface area contributed by atoms with Crippen molar-refractivity contribution in [3.8, 4) is 0 Å². The van der Waals surface area contributed by atoms with Gasteiger partial charge in [0.05, 0.1) is 16.9 Å². The van der Waals surface area contributed by atoms with Crippen LogP contribution >= 0.6 is 0 Å². The lowest BCUT2D eigenvalue weighted by atomic mass is 10.0. The Morgan fingerprint density at radius 2 is 2.00 bits per heavy atom. The summed E-state index contributed by atoms with van der Waals surface area (Å²) in [5, 5.41) is 17.2. The summed E-state index contributed by atoms with van der Waals surface area (Å²) in [6.07, 6.45) is 0. The predicted molar refractivity (Wildman–Crippen MR) is 82.8 cm³/mol. The zero-order valence-electron chi connectivity index (χ0n) is 12.7. The fourth-order valence-corrected chi connectivity index (χ4v) is 2.03. The van der Waals surface area contributed by atoms with Crippen LogP contribution in [0.15, 0.2) is 30.3 Å². The van der Waals surface area contributed by atoms with Crippen LogP contribution < -0.4 is 5.32 Å². The Balaban J connectivity index is 2.02. The number of hydrogen-bond acceptors (Lipinski definition) is 4. The molecular formula is C15H18N4O3. The number of anilines is 1. The van der Waals surface area contributed by atoms with Gasteiger partial charge in [0.25, 0.3) is 0 Å². The normalized spacial score (nSPS) is 10.7. The molecular weight excluding hydrogens is 284 g/mol. The molecule has 1 N–H and O–H groups in total. The lowest BCUT2D eigenvalue weighted by molar-refractivity contribution is -0.389. The minimum Gasteiger partial charge on any atom is -0.358 e. The largest absolute Gasteiger partial charge is 0.390 e. The monoisotopic (exact) mass is 302 g/mol. The van der Waals surface area contributed by atoms with Gasteiger partial charge < -0.3 is 15.4 Å². The van der Waals surface area contributed by atoms with Crippen molar-refractivity contribution in [2.45, 2.75) is 33.2 Å². The van der Waals surface area contributed by atoms with Crippen molar-refractivity contribution in [2.75, 3.05) is 5.32 Å². The molecule has 2 aromatic rings. The molecule has 0 bridgehead atoms. The SMILES string of the molecule is Cc1cc([N+](=O)[O-])nn1CC(=O)Nc1ccc(C(C)C)cc1. The molecule has 0 atom stereocenters. The summed E-state index contributed by atoms with van der Waals surface area (Å²) < 4.78 is 1.32. The molecule has 1 aromatic heterocycles. The molecule has 0 fully saturated rings. The number of nitrogens with zero attached hydrogens (tertiary/aromatic N) is 3. The molecule has 7 nitrogen and oxygen atoms in total. The van der Waals surface area contributed by atoms with Crippen LogP contribution in [0.5, 0.6) is 0 Å². The Labute approximate surface area is 128 Å². The molecule has 0 aliphatic heterocycles. The van der Waals surface area contributed by atoms with E-state index in [1.807, 2.05) is 24.3 Å². The number of rotatable bonds is 5. The van der Waals surface area contributed by atoms with E-state index in [0.29, 0.717) is 17.3 Å². The fourth-order valence-electron chi connectivity index (χ4n) is 2.03. The molecule has 1 heterocycles. The molecule has 1 aromatic carbocycles. The second-order valence-electron chi connectivity index (χ2n) is 5.38. The summed E-state index contributed by atoms with van der Waals surface area (Å²) in [6, 6.07) is 8.94.